The number of carboxylic acid groups (broad SMARTS) is 1. The number of amides is 6. The van der Waals surface area contributed by atoms with Crippen LogP contribution in [0.2, 0.25) is 38.3 Å². The molecule has 9 atom stereocenters. The van der Waals surface area contributed by atoms with Gasteiger partial charge in [0.05, 0.1) is 79.8 Å². The second-order valence-electron chi connectivity index (χ2n) is 27.3. The van der Waals surface area contributed by atoms with Gasteiger partial charge in [-0.2, -0.15) is 0 Å². The van der Waals surface area contributed by atoms with E-state index in [-0.39, 0.29) is 62.8 Å². The lowest BCUT2D eigenvalue weighted by molar-refractivity contribution is -0.158. The van der Waals surface area contributed by atoms with E-state index >= 15 is 19.2 Å². The summed E-state index contributed by atoms with van der Waals surface area (Å²) in [7, 11) is 1.07. The monoisotopic (exact) mass is 1110 g/mol. The van der Waals surface area contributed by atoms with Crippen LogP contribution in [-0.2, 0) is 56.7 Å². The van der Waals surface area contributed by atoms with Crippen molar-refractivity contribution in [3.8, 4) is 0 Å². The van der Waals surface area contributed by atoms with Crippen LogP contribution in [-0.4, -0.2) is 162 Å². The van der Waals surface area contributed by atoms with E-state index in [9.17, 15) is 24.3 Å². The van der Waals surface area contributed by atoms with Gasteiger partial charge in [-0.25, -0.2) is 0 Å². The van der Waals surface area contributed by atoms with Crippen LogP contribution in [0, 0.1) is 69.0 Å². The van der Waals surface area contributed by atoms with Crippen molar-refractivity contribution >= 4 is 64.0 Å². The Bertz CT molecular complexity index is 2070. The van der Waals surface area contributed by atoms with Gasteiger partial charge in [0.15, 0.2) is 16.6 Å². The molecule has 3 heterocycles. The van der Waals surface area contributed by atoms with Gasteiger partial charge >= 0.3 is 11.9 Å². The highest BCUT2D eigenvalue weighted by Gasteiger charge is 2.62. The lowest BCUT2D eigenvalue weighted by Crippen LogP contribution is -2.44. The summed E-state index contributed by atoms with van der Waals surface area (Å²) < 4.78 is 23.1. The summed E-state index contributed by atoms with van der Waals surface area (Å²) in [5.74, 6) is -12.1. The molecule has 0 aliphatic carbocycles. The Labute approximate surface area is 459 Å². The smallest absolute Gasteiger partial charge is 0.309 e. The number of hydrogen-bond acceptors (Lipinski definition) is 13. The number of likely N-dealkylation sites (N-methyl/N-ethyl adjacent to an activating group) is 1. The Morgan fingerprint density at radius 2 is 1.13 bits per heavy atom. The first-order valence-corrected chi connectivity index (χ1v) is 34.4. The molecule has 0 saturated carbocycles. The molecule has 6 amide bonds. The number of carboxylic acids is 1. The first-order chi connectivity index (χ1) is 34.8. The van der Waals surface area contributed by atoms with Gasteiger partial charge in [-0.3, -0.25) is 53.1 Å². The van der Waals surface area contributed by atoms with E-state index in [1.807, 2.05) is 67.5 Å². The van der Waals surface area contributed by atoms with Gasteiger partial charge in [0.25, 0.3) is 0 Å². The largest absolute Gasteiger partial charge is 0.481 e. The number of nitrogens with zero attached hydrogens (tertiary/aromatic N) is 4. The van der Waals surface area contributed by atoms with Crippen LogP contribution in [0.1, 0.15) is 135 Å². The van der Waals surface area contributed by atoms with Crippen LogP contribution < -0.4 is 0 Å². The first-order valence-electron chi connectivity index (χ1n) is 28.2. The summed E-state index contributed by atoms with van der Waals surface area (Å²) in [4.78, 5) is 122. The molecule has 3 fully saturated rings. The molecule has 3 aliphatic rings. The second kappa shape index (κ2) is 26.7. The molecular formula is C57H102N4O13Si2. The van der Waals surface area contributed by atoms with Crippen molar-refractivity contribution in [3.05, 3.63) is 0 Å². The van der Waals surface area contributed by atoms with Gasteiger partial charge < -0.3 is 28.3 Å². The average molecular weight is 1110 g/mol. The summed E-state index contributed by atoms with van der Waals surface area (Å²) in [5, 5.41) is 10.6. The normalized spacial score (nSPS) is 23.7. The Balaban J connectivity index is 2.18. The van der Waals surface area contributed by atoms with Crippen LogP contribution in [0.5, 0.6) is 0 Å². The zero-order valence-corrected chi connectivity index (χ0v) is 52.6. The minimum atomic E-state index is -2.24. The molecule has 9 unspecified atom stereocenters. The summed E-state index contributed by atoms with van der Waals surface area (Å²) in [6, 6.07) is 1.18. The Kier molecular flexibility index (Phi) is 23.5. The number of ether oxygens (including phenoxy) is 3. The first kappa shape index (κ1) is 66.9. The molecule has 0 aromatic rings. The number of hydrogen-bond donors (Lipinski definition) is 1. The van der Waals surface area contributed by atoms with Crippen molar-refractivity contribution in [1.82, 2.24) is 19.6 Å². The van der Waals surface area contributed by atoms with Gasteiger partial charge in [0.2, 0.25) is 35.4 Å². The number of esters is 1. The van der Waals surface area contributed by atoms with E-state index in [0.29, 0.717) is 38.6 Å². The summed E-state index contributed by atoms with van der Waals surface area (Å²) in [6.07, 6.45) is 3.03. The van der Waals surface area contributed by atoms with Crippen molar-refractivity contribution in [2.45, 2.75) is 179 Å². The third-order valence-electron chi connectivity index (χ3n) is 16.5. The molecular weight excluding hydrogens is 1000 g/mol. The lowest BCUT2D eigenvalue weighted by atomic mass is 9.59. The number of rotatable bonds is 32. The van der Waals surface area contributed by atoms with E-state index in [1.165, 1.54) is 21.6 Å². The van der Waals surface area contributed by atoms with Crippen molar-refractivity contribution in [2.75, 3.05) is 67.3 Å². The highest BCUT2D eigenvalue weighted by molar-refractivity contribution is 6.84. The van der Waals surface area contributed by atoms with Crippen molar-refractivity contribution < 1.29 is 61.8 Å². The molecule has 0 bridgehead atoms. The average Bonchev–Trinajstić information content (AvgIpc) is 3.77. The summed E-state index contributed by atoms with van der Waals surface area (Å²) in [6.45, 7) is 34.5. The number of methoxy groups -OCH3 is 1. The maximum absolute atomic E-state index is 15.2. The Hall–Kier alpha value is -3.37. The number of aliphatic carboxylic acids is 1. The van der Waals surface area contributed by atoms with Gasteiger partial charge in [0.1, 0.15) is 0 Å². The molecule has 76 heavy (non-hydrogen) atoms. The molecule has 3 rings (SSSR count). The maximum atomic E-state index is 15.2. The molecule has 3 aliphatic heterocycles. The SMILES string of the molecule is CCCC[Si](C)(C)O[Si](C)(C)CCCN1C(=O)C(CC(C)(C)C2C(=O)N(CCN(C)C)C(=O)C2CC(C)(C)C2C(=O)N(C(C)COCCOC)C(=O)C2CC(C)(C)C)C(C(C)(C)CC(C(=O)O)C(C)C(=O)OCC)C1=O. The highest BCUT2D eigenvalue weighted by Crippen LogP contribution is 2.55. The predicted molar refractivity (Wildman–Crippen MR) is 298 cm³/mol. The minimum Gasteiger partial charge on any atom is -0.481 e. The quantitative estimate of drug-likeness (QED) is 0.0290. The van der Waals surface area contributed by atoms with Crippen LogP contribution in [0.3, 0.4) is 0 Å². The van der Waals surface area contributed by atoms with Crippen molar-refractivity contribution in [2.24, 2.45) is 69.0 Å². The van der Waals surface area contributed by atoms with Crippen molar-refractivity contribution in [1.29, 1.82) is 0 Å². The molecule has 17 nitrogen and oxygen atoms in total. The van der Waals surface area contributed by atoms with Gasteiger partial charge in [0, 0.05) is 26.7 Å². The third kappa shape index (κ3) is 16.8. The molecule has 0 radical (unpaired) electrons. The molecule has 19 heteroatoms. The highest BCUT2D eigenvalue weighted by atomic mass is 28.4. The van der Waals surface area contributed by atoms with Crippen LogP contribution in [0.4, 0.5) is 0 Å². The molecule has 0 aromatic carbocycles. The van der Waals surface area contributed by atoms with Gasteiger partial charge in [-0.15, -0.1) is 0 Å². The van der Waals surface area contributed by atoms with Crippen LogP contribution in [0.25, 0.3) is 0 Å². The van der Waals surface area contributed by atoms with Crippen molar-refractivity contribution in [3.63, 3.8) is 0 Å². The van der Waals surface area contributed by atoms with Gasteiger partial charge in [-0.1, -0.05) is 89.0 Å². The number of likely N-dealkylation sites (tertiary alicyclic amines) is 3. The summed E-state index contributed by atoms with van der Waals surface area (Å²) >= 11 is 0. The predicted octanol–water partition coefficient (Wildman–Crippen LogP) is 8.61. The minimum absolute atomic E-state index is 0.00208. The third-order valence-corrected chi connectivity index (χ3v) is 24.1. The zero-order valence-electron chi connectivity index (χ0n) is 50.6. The number of imide groups is 3. The van der Waals surface area contributed by atoms with Gasteiger partial charge in [-0.05, 0) is 120 Å². The fraction of sp³-hybridized carbons (Fsp3) is 0.860. The lowest BCUT2D eigenvalue weighted by Gasteiger charge is -2.42. The summed E-state index contributed by atoms with van der Waals surface area (Å²) in [5.41, 5.74) is -3.65. The Morgan fingerprint density at radius 3 is 1.59 bits per heavy atom. The van der Waals surface area contributed by atoms with Crippen LogP contribution >= 0.6 is 0 Å². The zero-order chi connectivity index (χ0) is 58.3. The fourth-order valence-corrected chi connectivity index (χ4v) is 22.0. The molecule has 1 N–H and O–H groups in total. The van der Waals surface area contributed by atoms with E-state index in [4.69, 9.17) is 18.3 Å². The molecule has 436 valence electrons. The molecule has 0 spiro atoms. The standard InChI is InChI=1S/C57H102N4O13Si2/c1-21-23-30-75(17,18)74-76(19,20)31-24-25-59-46(62)41(43(49(59)65)55(8,9)33-39(52(68)69)38(4)53(70)73-22-2)34-56(10,11)44-42(47(63)60(50(44)66)27-26-58(14)15)35-57(12,13)45-40(32-54(5,6)7)48(64)61(51(45)67)37(3)36-72-29-28-71-16/h37-45H,21-36H2,1-20H3,(H,68,69). The fourth-order valence-electron chi connectivity index (χ4n) is 13.0. The molecule has 3 saturated heterocycles. The topological polar surface area (TPSA) is 207 Å². The number of unbranched alkanes of at least 4 members (excludes halogenated alkanes) is 1. The van der Waals surface area contributed by atoms with E-state index in [2.05, 4.69) is 33.1 Å². The second-order valence-corrected chi connectivity index (χ2v) is 36.2. The van der Waals surface area contributed by atoms with E-state index < -0.39 is 122 Å². The van der Waals surface area contributed by atoms with E-state index in [1.54, 1.807) is 34.8 Å². The van der Waals surface area contributed by atoms with Crippen LogP contribution in [0.15, 0.2) is 0 Å². The maximum Gasteiger partial charge on any atom is 0.309 e. The van der Waals surface area contributed by atoms with E-state index in [0.717, 1.165) is 18.9 Å². The number of carbonyl (C=O) groups is 8. The number of carbonyl (C=O) groups excluding carboxylic acids is 7. The molecule has 0 aromatic heterocycles. The Morgan fingerprint density at radius 1 is 0.658 bits per heavy atom.